The quantitative estimate of drug-likeness (QED) is 0.168. The summed E-state index contributed by atoms with van der Waals surface area (Å²) in [4.78, 5) is 28.8. The highest BCUT2D eigenvalue weighted by molar-refractivity contribution is 9.10. The first kappa shape index (κ1) is 24.2. The van der Waals surface area contributed by atoms with Gasteiger partial charge in [-0.15, -0.1) is 0 Å². The molecule has 0 spiro atoms. The largest absolute Gasteiger partial charge is 0.482 e. The van der Waals surface area contributed by atoms with Crippen molar-refractivity contribution in [2.24, 2.45) is 5.10 Å². The van der Waals surface area contributed by atoms with Crippen molar-refractivity contribution >= 4 is 38.7 Å². The lowest BCUT2D eigenvalue weighted by Crippen LogP contribution is -2.23. The molecule has 8 nitrogen and oxygen atoms in total. The number of aromatic nitrogens is 2. The Bertz CT molecular complexity index is 1520. The number of nitrogens with zero attached hydrogens (tertiary/aromatic N) is 4. The minimum atomic E-state index is -0.570. The summed E-state index contributed by atoms with van der Waals surface area (Å²) in [7, 11) is 0. The van der Waals surface area contributed by atoms with Crippen LogP contribution in [0.3, 0.4) is 0 Å². The topological polar surface area (TPSA) is 99.6 Å². The van der Waals surface area contributed by atoms with Crippen molar-refractivity contribution in [2.75, 3.05) is 0 Å². The Kier molecular flexibility index (Phi) is 7.02. The Morgan fingerprint density at radius 2 is 2.00 bits per heavy atom. The molecular formula is C25H20BrFN4O4. The minimum absolute atomic E-state index is 0.0303. The molecule has 3 aromatic carbocycles. The highest BCUT2D eigenvalue weighted by Crippen LogP contribution is 2.28. The van der Waals surface area contributed by atoms with E-state index in [1.807, 2.05) is 19.9 Å². The van der Waals surface area contributed by atoms with Crippen LogP contribution in [-0.4, -0.2) is 20.8 Å². The molecule has 0 bridgehead atoms. The summed E-state index contributed by atoms with van der Waals surface area (Å²) in [5.74, 6) is -0.0150. The summed E-state index contributed by atoms with van der Waals surface area (Å²) in [6.07, 6.45) is 1.36. The van der Waals surface area contributed by atoms with Gasteiger partial charge in [-0.05, 0) is 48.0 Å². The summed E-state index contributed by atoms with van der Waals surface area (Å²) < 4.78 is 20.9. The molecule has 4 aromatic rings. The summed E-state index contributed by atoms with van der Waals surface area (Å²) in [5.41, 5.74) is 0.874. The van der Waals surface area contributed by atoms with Gasteiger partial charge in [0.25, 0.3) is 5.56 Å². The van der Waals surface area contributed by atoms with Crippen molar-refractivity contribution < 1.29 is 14.1 Å². The van der Waals surface area contributed by atoms with Gasteiger partial charge in [0, 0.05) is 22.0 Å². The van der Waals surface area contributed by atoms with Gasteiger partial charge in [-0.1, -0.05) is 41.9 Å². The normalized spacial score (nSPS) is 11.5. The monoisotopic (exact) mass is 538 g/mol. The molecule has 0 aliphatic heterocycles. The fourth-order valence-corrected chi connectivity index (χ4v) is 3.80. The van der Waals surface area contributed by atoms with Crippen molar-refractivity contribution in [2.45, 2.75) is 26.4 Å². The second-order valence-electron chi connectivity index (χ2n) is 8.05. The molecule has 10 heteroatoms. The van der Waals surface area contributed by atoms with Gasteiger partial charge < -0.3 is 4.74 Å². The summed E-state index contributed by atoms with van der Waals surface area (Å²) in [5, 5.41) is 16.3. The maximum absolute atomic E-state index is 13.4. The van der Waals surface area contributed by atoms with Crippen LogP contribution in [0.5, 0.6) is 5.75 Å². The highest BCUT2D eigenvalue weighted by Gasteiger charge is 2.17. The molecule has 4 rings (SSSR count). The van der Waals surface area contributed by atoms with Crippen LogP contribution >= 0.6 is 15.9 Å². The van der Waals surface area contributed by atoms with Crippen LogP contribution in [0.25, 0.3) is 10.9 Å². The maximum atomic E-state index is 13.4. The SMILES string of the molecule is CC(C)c1nc2ccc(Br)cc2c(=O)n1N=Cc1ccc(OCc2cccc(F)c2)c([N+](=O)[O-])c1. The second kappa shape index (κ2) is 10.1. The van der Waals surface area contributed by atoms with E-state index in [9.17, 15) is 19.3 Å². The first-order valence-electron chi connectivity index (χ1n) is 10.6. The Hall–Kier alpha value is -3.92. The fourth-order valence-electron chi connectivity index (χ4n) is 3.44. The molecule has 0 fully saturated rings. The number of halogens is 2. The molecule has 0 aliphatic rings. The van der Waals surface area contributed by atoms with Crippen LogP contribution < -0.4 is 10.3 Å². The third-order valence-corrected chi connectivity index (χ3v) is 5.63. The van der Waals surface area contributed by atoms with Crippen molar-refractivity contribution in [3.05, 3.63) is 108 Å². The van der Waals surface area contributed by atoms with E-state index < -0.39 is 10.7 Å². The van der Waals surface area contributed by atoms with E-state index in [0.717, 1.165) is 4.47 Å². The number of nitro groups is 1. The lowest BCUT2D eigenvalue weighted by atomic mass is 10.2. The number of nitro benzene ring substituents is 1. The fraction of sp³-hybridized carbons (Fsp3) is 0.160. The molecule has 0 radical (unpaired) electrons. The maximum Gasteiger partial charge on any atom is 0.311 e. The van der Waals surface area contributed by atoms with E-state index in [1.165, 1.54) is 41.2 Å². The van der Waals surface area contributed by atoms with E-state index >= 15 is 0 Å². The predicted molar refractivity (Wildman–Crippen MR) is 135 cm³/mol. The number of ether oxygens (including phenoxy) is 1. The van der Waals surface area contributed by atoms with Crippen LogP contribution in [0.15, 0.2) is 75.0 Å². The molecule has 0 saturated heterocycles. The van der Waals surface area contributed by atoms with Gasteiger partial charge in [0.1, 0.15) is 18.2 Å². The molecule has 0 N–H and O–H groups in total. The Morgan fingerprint density at radius 1 is 1.20 bits per heavy atom. The Balaban J connectivity index is 1.68. The van der Waals surface area contributed by atoms with Gasteiger partial charge >= 0.3 is 5.69 Å². The number of fused-ring (bicyclic) bond motifs is 1. The van der Waals surface area contributed by atoms with E-state index in [1.54, 1.807) is 24.3 Å². The molecule has 0 atom stereocenters. The first-order chi connectivity index (χ1) is 16.7. The third kappa shape index (κ3) is 5.43. The van der Waals surface area contributed by atoms with Gasteiger partial charge in [-0.2, -0.15) is 9.78 Å². The number of hydrogen-bond donors (Lipinski definition) is 0. The first-order valence-corrected chi connectivity index (χ1v) is 11.4. The zero-order valence-electron chi connectivity index (χ0n) is 18.8. The second-order valence-corrected chi connectivity index (χ2v) is 8.97. The van der Waals surface area contributed by atoms with Crippen molar-refractivity contribution in [3.8, 4) is 5.75 Å². The van der Waals surface area contributed by atoms with E-state index in [0.29, 0.717) is 27.9 Å². The molecular weight excluding hydrogens is 519 g/mol. The van der Waals surface area contributed by atoms with E-state index in [2.05, 4.69) is 26.0 Å². The van der Waals surface area contributed by atoms with Gasteiger partial charge in [0.05, 0.1) is 22.0 Å². The number of rotatable bonds is 7. The van der Waals surface area contributed by atoms with Gasteiger partial charge in [0.15, 0.2) is 5.75 Å². The van der Waals surface area contributed by atoms with Gasteiger partial charge in [-0.3, -0.25) is 14.9 Å². The van der Waals surface area contributed by atoms with Crippen molar-refractivity contribution in [3.63, 3.8) is 0 Å². The lowest BCUT2D eigenvalue weighted by molar-refractivity contribution is -0.385. The van der Waals surface area contributed by atoms with Crippen LogP contribution in [0.4, 0.5) is 10.1 Å². The highest BCUT2D eigenvalue weighted by atomic mass is 79.9. The predicted octanol–water partition coefficient (Wildman–Crippen LogP) is 5.79. The molecule has 1 aromatic heterocycles. The molecule has 0 unspecified atom stereocenters. The molecule has 0 aliphatic carbocycles. The average Bonchev–Trinajstić information content (AvgIpc) is 2.82. The standard InChI is InChI=1S/C25H20BrFN4O4/c1-15(2)24-29-21-8-7-18(26)12-20(21)25(32)30(24)28-13-16-6-9-23(22(11-16)31(33)34)35-14-17-4-3-5-19(27)10-17/h3-13,15H,14H2,1-2H3. The average molecular weight is 539 g/mol. The van der Waals surface area contributed by atoms with Crippen LogP contribution in [0.1, 0.15) is 36.7 Å². The molecule has 0 amide bonds. The van der Waals surface area contributed by atoms with Gasteiger partial charge in [-0.25, -0.2) is 9.37 Å². The van der Waals surface area contributed by atoms with Crippen LogP contribution in [0, 0.1) is 15.9 Å². The molecule has 178 valence electrons. The zero-order valence-corrected chi connectivity index (χ0v) is 20.4. The minimum Gasteiger partial charge on any atom is -0.482 e. The lowest BCUT2D eigenvalue weighted by Gasteiger charge is -2.12. The molecule has 1 heterocycles. The van der Waals surface area contributed by atoms with E-state index in [4.69, 9.17) is 4.74 Å². The van der Waals surface area contributed by atoms with Gasteiger partial charge in [0.2, 0.25) is 0 Å². The van der Waals surface area contributed by atoms with Crippen molar-refractivity contribution in [1.82, 2.24) is 9.66 Å². The summed E-state index contributed by atoms with van der Waals surface area (Å²) in [6.45, 7) is 3.76. The summed E-state index contributed by atoms with van der Waals surface area (Å²) in [6, 6.07) is 15.4. The zero-order chi connectivity index (χ0) is 25.1. The summed E-state index contributed by atoms with van der Waals surface area (Å²) >= 11 is 3.36. The van der Waals surface area contributed by atoms with Crippen LogP contribution in [-0.2, 0) is 6.61 Å². The number of hydrogen-bond acceptors (Lipinski definition) is 6. The van der Waals surface area contributed by atoms with Crippen LogP contribution in [0.2, 0.25) is 0 Å². The smallest absolute Gasteiger partial charge is 0.311 e. The Morgan fingerprint density at radius 3 is 2.71 bits per heavy atom. The Labute approximate surface area is 208 Å². The number of benzene rings is 3. The molecule has 35 heavy (non-hydrogen) atoms. The molecule has 0 saturated carbocycles. The van der Waals surface area contributed by atoms with E-state index in [-0.39, 0.29) is 29.5 Å². The van der Waals surface area contributed by atoms with Crippen molar-refractivity contribution in [1.29, 1.82) is 0 Å². The third-order valence-electron chi connectivity index (χ3n) is 5.14.